The van der Waals surface area contributed by atoms with E-state index in [0.717, 1.165) is 4.31 Å². The van der Waals surface area contributed by atoms with Gasteiger partial charge in [-0.05, 0) is 12.1 Å². The predicted molar refractivity (Wildman–Crippen MR) is 76.3 cm³/mol. The summed E-state index contributed by atoms with van der Waals surface area (Å²) in [6, 6.07) is 5.78. The molecule has 1 rings (SSSR count). The highest BCUT2D eigenvalue weighted by Crippen LogP contribution is 2.20. The van der Waals surface area contributed by atoms with Crippen LogP contribution in [0.4, 0.5) is 0 Å². The first-order valence-corrected chi connectivity index (χ1v) is 7.63. The molecule has 0 aromatic heterocycles. The van der Waals surface area contributed by atoms with Gasteiger partial charge in [-0.15, -0.1) is 0 Å². The molecule has 7 nitrogen and oxygen atoms in total. The van der Waals surface area contributed by atoms with Gasteiger partial charge in [-0.1, -0.05) is 12.1 Å². The maximum absolute atomic E-state index is 12.5. The molecule has 116 valence electrons. The van der Waals surface area contributed by atoms with Gasteiger partial charge in [0.05, 0.1) is 17.6 Å². The van der Waals surface area contributed by atoms with Crippen molar-refractivity contribution >= 4 is 21.9 Å². The number of nitrogens with one attached hydrogen (secondary N) is 1. The molecule has 0 aliphatic heterocycles. The summed E-state index contributed by atoms with van der Waals surface area (Å²) in [6.45, 7) is 0.0114. The third-order valence-electron chi connectivity index (χ3n) is 2.91. The van der Waals surface area contributed by atoms with Crippen molar-refractivity contribution in [2.24, 2.45) is 0 Å². The number of nitrogens with zero attached hydrogens (tertiary/aromatic N) is 1. The molecule has 0 bridgehead atoms. The summed E-state index contributed by atoms with van der Waals surface area (Å²) in [5.74, 6) is -0.993. The topological polar surface area (TPSA) is 92.8 Å². The maximum atomic E-state index is 12.5. The van der Waals surface area contributed by atoms with Gasteiger partial charge in [0.15, 0.2) is 0 Å². The van der Waals surface area contributed by atoms with Gasteiger partial charge in [-0.25, -0.2) is 17.5 Å². The molecule has 0 atom stereocenters. The molecule has 0 saturated carbocycles. The minimum absolute atomic E-state index is 0.0114. The van der Waals surface area contributed by atoms with E-state index in [2.05, 4.69) is 10.1 Å². The summed E-state index contributed by atoms with van der Waals surface area (Å²) in [7, 11) is 0.135. The van der Waals surface area contributed by atoms with Crippen LogP contribution in [0.15, 0.2) is 29.2 Å². The summed E-state index contributed by atoms with van der Waals surface area (Å²) >= 11 is 0. The Hall–Kier alpha value is -1.93. The average Bonchev–Trinajstić information content (AvgIpc) is 2.51. The van der Waals surface area contributed by atoms with E-state index in [9.17, 15) is 18.0 Å². The molecular weight excluding hydrogens is 296 g/mol. The number of benzene rings is 1. The molecule has 0 unspecified atom stereocenters. The highest BCUT2D eigenvalue weighted by atomic mass is 32.2. The Labute approximate surface area is 123 Å². The van der Waals surface area contributed by atoms with Crippen LogP contribution in [0.25, 0.3) is 0 Å². The number of amides is 1. The smallest absolute Gasteiger partial charge is 0.339 e. The highest BCUT2D eigenvalue weighted by Gasteiger charge is 2.26. The fourth-order valence-corrected chi connectivity index (χ4v) is 2.99. The van der Waals surface area contributed by atoms with Crippen LogP contribution in [0.3, 0.4) is 0 Å². The molecule has 0 saturated heterocycles. The molecule has 0 aliphatic rings. The Morgan fingerprint density at radius 2 is 1.90 bits per heavy atom. The van der Waals surface area contributed by atoms with Gasteiger partial charge in [-0.2, -0.15) is 0 Å². The third-order valence-corrected chi connectivity index (χ3v) is 4.83. The van der Waals surface area contributed by atoms with Crippen LogP contribution >= 0.6 is 0 Å². The van der Waals surface area contributed by atoms with Crippen LogP contribution in [0, 0.1) is 0 Å². The normalized spacial score (nSPS) is 11.2. The number of carbonyl (C=O) groups excluding carboxylic acids is 2. The first-order valence-electron chi connectivity index (χ1n) is 6.18. The first-order chi connectivity index (χ1) is 9.84. The minimum atomic E-state index is -3.88. The zero-order chi connectivity index (χ0) is 16.0. The van der Waals surface area contributed by atoms with Crippen molar-refractivity contribution in [2.45, 2.75) is 11.3 Å². The van der Waals surface area contributed by atoms with Crippen LogP contribution < -0.4 is 5.32 Å². The molecule has 0 spiro atoms. The number of hydrogen-bond acceptors (Lipinski definition) is 5. The lowest BCUT2D eigenvalue weighted by molar-refractivity contribution is -0.120. The second-order valence-corrected chi connectivity index (χ2v) is 6.25. The number of sulfonamides is 1. The van der Waals surface area contributed by atoms with Crippen molar-refractivity contribution in [3.05, 3.63) is 29.8 Å². The molecule has 0 aliphatic carbocycles. The van der Waals surface area contributed by atoms with E-state index in [1.165, 1.54) is 39.4 Å². The van der Waals surface area contributed by atoms with Gasteiger partial charge in [0, 0.05) is 27.1 Å². The number of esters is 1. The van der Waals surface area contributed by atoms with Crippen molar-refractivity contribution in [1.29, 1.82) is 0 Å². The standard InChI is InChI=1S/C13H18N2O5S/c1-14-12(16)8-9-15(2)21(18,19)11-7-5-4-6-10(11)13(17)20-3/h4-7H,8-9H2,1-3H3,(H,14,16). The summed E-state index contributed by atoms with van der Waals surface area (Å²) in [5, 5.41) is 2.42. The van der Waals surface area contributed by atoms with E-state index in [4.69, 9.17) is 0 Å². The Morgan fingerprint density at radius 3 is 2.48 bits per heavy atom. The first kappa shape index (κ1) is 17.1. The number of ether oxygens (including phenoxy) is 1. The molecule has 1 amide bonds. The zero-order valence-corrected chi connectivity index (χ0v) is 12.9. The van der Waals surface area contributed by atoms with Crippen LogP contribution in [0.2, 0.25) is 0 Å². The number of methoxy groups -OCH3 is 1. The molecule has 1 aromatic rings. The second-order valence-electron chi connectivity index (χ2n) is 4.24. The van der Waals surface area contributed by atoms with E-state index in [-0.39, 0.29) is 29.3 Å². The van der Waals surface area contributed by atoms with Gasteiger partial charge >= 0.3 is 5.97 Å². The molecular formula is C13H18N2O5S. The molecule has 0 radical (unpaired) electrons. The van der Waals surface area contributed by atoms with Gasteiger partial charge in [0.25, 0.3) is 0 Å². The Bertz CT molecular complexity index is 627. The molecule has 1 N–H and O–H groups in total. The lowest BCUT2D eigenvalue weighted by Crippen LogP contribution is -2.32. The van der Waals surface area contributed by atoms with Gasteiger partial charge in [0.1, 0.15) is 0 Å². The van der Waals surface area contributed by atoms with Crippen LogP contribution in [-0.4, -0.2) is 52.3 Å². The summed E-state index contributed by atoms with van der Waals surface area (Å²) in [6.07, 6.45) is 0.0343. The Balaban J connectivity index is 3.08. The van der Waals surface area contributed by atoms with Gasteiger partial charge < -0.3 is 10.1 Å². The monoisotopic (exact) mass is 314 g/mol. The number of rotatable bonds is 6. The highest BCUT2D eigenvalue weighted by molar-refractivity contribution is 7.89. The van der Waals surface area contributed by atoms with Gasteiger partial charge in [-0.3, -0.25) is 4.79 Å². The lowest BCUT2D eigenvalue weighted by atomic mass is 10.2. The Morgan fingerprint density at radius 1 is 1.29 bits per heavy atom. The SMILES string of the molecule is CNC(=O)CCN(C)S(=O)(=O)c1ccccc1C(=O)OC. The van der Waals surface area contributed by atoms with E-state index in [1.54, 1.807) is 6.07 Å². The van der Waals surface area contributed by atoms with E-state index >= 15 is 0 Å². The second kappa shape index (κ2) is 7.19. The van der Waals surface area contributed by atoms with E-state index in [0.29, 0.717) is 0 Å². The third kappa shape index (κ3) is 4.02. The quantitative estimate of drug-likeness (QED) is 0.759. The minimum Gasteiger partial charge on any atom is -0.465 e. The van der Waals surface area contributed by atoms with E-state index < -0.39 is 16.0 Å². The van der Waals surface area contributed by atoms with Gasteiger partial charge in [0.2, 0.25) is 15.9 Å². The summed E-state index contributed by atoms with van der Waals surface area (Å²) in [4.78, 5) is 22.7. The molecule has 8 heteroatoms. The molecule has 21 heavy (non-hydrogen) atoms. The Kier molecular flexibility index (Phi) is 5.86. The summed E-state index contributed by atoms with van der Waals surface area (Å²) in [5.41, 5.74) is -0.0354. The van der Waals surface area contributed by atoms with Crippen LogP contribution in [0.5, 0.6) is 0 Å². The number of carbonyl (C=O) groups is 2. The van der Waals surface area contributed by atoms with Crippen LogP contribution in [0.1, 0.15) is 16.8 Å². The van der Waals surface area contributed by atoms with Crippen molar-refractivity contribution in [1.82, 2.24) is 9.62 Å². The van der Waals surface area contributed by atoms with Crippen LogP contribution in [-0.2, 0) is 19.6 Å². The molecule has 1 aromatic carbocycles. The molecule has 0 fully saturated rings. The van der Waals surface area contributed by atoms with Crippen molar-refractivity contribution in [3.63, 3.8) is 0 Å². The largest absolute Gasteiger partial charge is 0.465 e. The maximum Gasteiger partial charge on any atom is 0.339 e. The predicted octanol–water partition coefficient (Wildman–Crippen LogP) is 0.230. The number of hydrogen-bond donors (Lipinski definition) is 1. The van der Waals surface area contributed by atoms with E-state index in [1.807, 2.05) is 0 Å². The molecule has 0 heterocycles. The zero-order valence-electron chi connectivity index (χ0n) is 12.1. The fraction of sp³-hybridized carbons (Fsp3) is 0.385. The average molecular weight is 314 g/mol. The lowest BCUT2D eigenvalue weighted by Gasteiger charge is -2.18. The summed E-state index contributed by atoms with van der Waals surface area (Å²) < 4.78 is 30.5. The van der Waals surface area contributed by atoms with Crippen molar-refractivity contribution < 1.29 is 22.7 Å². The fourth-order valence-electron chi connectivity index (χ4n) is 1.64. The van der Waals surface area contributed by atoms with Crippen molar-refractivity contribution in [2.75, 3.05) is 27.7 Å². The van der Waals surface area contributed by atoms with Crippen molar-refractivity contribution in [3.8, 4) is 0 Å².